The van der Waals surface area contributed by atoms with Gasteiger partial charge >= 0.3 is 6.07 Å². The molecule has 0 saturated carbocycles. The Bertz CT molecular complexity index is 428. The maximum atomic E-state index is 11.1. The molecule has 0 amide bonds. The minimum absolute atomic E-state index is 0.447. The fourth-order valence-corrected chi connectivity index (χ4v) is 3.15. The molecule has 1 aromatic rings. The Balaban J connectivity index is 2.14. The molecule has 0 bridgehead atoms. The van der Waals surface area contributed by atoms with Gasteiger partial charge < -0.3 is 4.52 Å². The third-order valence-corrected chi connectivity index (χ3v) is 4.29. The number of rotatable bonds is 11. The van der Waals surface area contributed by atoms with Crippen molar-refractivity contribution in [3.8, 4) is 5.75 Å². The van der Waals surface area contributed by atoms with Crippen LogP contribution in [0.4, 0.5) is 0 Å². The first-order chi connectivity index (χ1) is 10.0. The SMILES string of the molecule is CCCCCCCCCCc1ccc(OP(=O)(Cl)Cl)cc1. The molecule has 0 aliphatic heterocycles. The van der Waals surface area contributed by atoms with E-state index in [-0.39, 0.29) is 0 Å². The normalized spacial score (nSPS) is 11.6. The van der Waals surface area contributed by atoms with Crippen molar-refractivity contribution in [1.82, 2.24) is 0 Å². The molecular weight excluding hydrogens is 326 g/mol. The molecule has 0 atom stereocenters. The zero-order chi connectivity index (χ0) is 15.6. The Hall–Kier alpha value is -0.170. The molecule has 0 aliphatic rings. The highest BCUT2D eigenvalue weighted by atomic mass is 35.9. The summed E-state index contributed by atoms with van der Waals surface area (Å²) in [6, 6.07) is 7.47. The van der Waals surface area contributed by atoms with Crippen LogP contribution >= 0.6 is 28.6 Å². The summed E-state index contributed by atoms with van der Waals surface area (Å²) in [6.07, 6.45) is 8.16. The van der Waals surface area contributed by atoms with E-state index in [0.29, 0.717) is 5.75 Å². The average molecular weight is 351 g/mol. The molecule has 5 heteroatoms. The summed E-state index contributed by atoms with van der Waals surface area (Å²) in [7, 11) is 0. The summed E-state index contributed by atoms with van der Waals surface area (Å²) in [5.74, 6) is 0.447. The van der Waals surface area contributed by atoms with Gasteiger partial charge in [-0.15, -0.1) is 0 Å². The predicted molar refractivity (Wildman–Crippen MR) is 92.7 cm³/mol. The van der Waals surface area contributed by atoms with Crippen LogP contribution in [0.25, 0.3) is 0 Å². The van der Waals surface area contributed by atoms with Crippen LogP contribution in [-0.4, -0.2) is 0 Å². The molecule has 1 aromatic carbocycles. The number of hydrogen-bond donors (Lipinski definition) is 0. The van der Waals surface area contributed by atoms with E-state index in [1.54, 1.807) is 12.1 Å². The van der Waals surface area contributed by atoms with E-state index in [9.17, 15) is 4.57 Å². The zero-order valence-electron chi connectivity index (χ0n) is 12.7. The van der Waals surface area contributed by atoms with E-state index < -0.39 is 6.07 Å². The minimum Gasteiger partial charge on any atom is -0.422 e. The molecule has 0 radical (unpaired) electrons. The van der Waals surface area contributed by atoms with Gasteiger partial charge in [0.25, 0.3) is 0 Å². The molecule has 0 aromatic heterocycles. The first-order valence-corrected chi connectivity index (χ1v) is 11.2. The second kappa shape index (κ2) is 10.5. The van der Waals surface area contributed by atoms with Gasteiger partial charge in [-0.3, -0.25) is 0 Å². The molecule has 0 unspecified atom stereocenters. The monoisotopic (exact) mass is 350 g/mol. The van der Waals surface area contributed by atoms with Crippen LogP contribution in [0.3, 0.4) is 0 Å². The summed E-state index contributed by atoms with van der Waals surface area (Å²) in [5, 5.41) is 0. The lowest BCUT2D eigenvalue weighted by Crippen LogP contribution is -1.88. The van der Waals surface area contributed by atoms with E-state index >= 15 is 0 Å². The Morgan fingerprint density at radius 3 is 1.95 bits per heavy atom. The second-order valence-corrected chi connectivity index (χ2v) is 9.58. The number of aryl methyl sites for hydroxylation is 1. The van der Waals surface area contributed by atoms with Crippen LogP contribution in [-0.2, 0) is 11.0 Å². The topological polar surface area (TPSA) is 26.3 Å². The Labute approximate surface area is 138 Å². The van der Waals surface area contributed by atoms with Gasteiger partial charge in [0.15, 0.2) is 0 Å². The van der Waals surface area contributed by atoms with E-state index in [1.165, 1.54) is 56.9 Å². The average Bonchev–Trinajstić information content (AvgIpc) is 2.42. The maximum Gasteiger partial charge on any atom is 0.428 e. The van der Waals surface area contributed by atoms with Crippen molar-refractivity contribution in [2.45, 2.75) is 64.7 Å². The van der Waals surface area contributed by atoms with Crippen LogP contribution in [0.5, 0.6) is 5.75 Å². The fraction of sp³-hybridized carbons (Fsp3) is 0.625. The lowest BCUT2D eigenvalue weighted by atomic mass is 10.0. The molecule has 0 heterocycles. The van der Waals surface area contributed by atoms with Gasteiger partial charge in [-0.05, 0) is 30.5 Å². The largest absolute Gasteiger partial charge is 0.428 e. The van der Waals surface area contributed by atoms with Gasteiger partial charge in [0, 0.05) is 22.5 Å². The summed E-state index contributed by atoms with van der Waals surface area (Å²) >= 11 is 10.7. The Morgan fingerprint density at radius 1 is 0.905 bits per heavy atom. The summed E-state index contributed by atoms with van der Waals surface area (Å²) in [6.45, 7) is 2.25. The third kappa shape index (κ3) is 10.2. The van der Waals surface area contributed by atoms with Crippen LogP contribution in [0, 0.1) is 0 Å². The highest BCUT2D eigenvalue weighted by Crippen LogP contribution is 2.57. The molecule has 2 nitrogen and oxygen atoms in total. The molecule has 0 saturated heterocycles. The van der Waals surface area contributed by atoms with Crippen molar-refractivity contribution >= 4 is 28.6 Å². The Kier molecular flexibility index (Phi) is 9.47. The number of hydrogen-bond acceptors (Lipinski definition) is 2. The molecule has 1 rings (SSSR count). The predicted octanol–water partition coefficient (Wildman–Crippen LogP) is 7.33. The van der Waals surface area contributed by atoms with Gasteiger partial charge in [-0.1, -0.05) is 64.0 Å². The van der Waals surface area contributed by atoms with E-state index in [0.717, 1.165) is 6.42 Å². The molecule has 0 aliphatic carbocycles. The van der Waals surface area contributed by atoms with Gasteiger partial charge in [0.1, 0.15) is 5.75 Å². The van der Waals surface area contributed by atoms with Crippen molar-refractivity contribution in [2.24, 2.45) is 0 Å². The highest BCUT2D eigenvalue weighted by molar-refractivity contribution is 8.05. The van der Waals surface area contributed by atoms with Crippen LogP contribution < -0.4 is 4.52 Å². The van der Waals surface area contributed by atoms with Crippen molar-refractivity contribution in [2.75, 3.05) is 0 Å². The van der Waals surface area contributed by atoms with Crippen LogP contribution in [0.15, 0.2) is 24.3 Å². The number of halogens is 2. The third-order valence-electron chi connectivity index (χ3n) is 3.45. The van der Waals surface area contributed by atoms with E-state index in [1.807, 2.05) is 12.1 Å². The lowest BCUT2D eigenvalue weighted by Gasteiger charge is -2.07. The van der Waals surface area contributed by atoms with Crippen LogP contribution in [0.2, 0.25) is 0 Å². The second-order valence-electron chi connectivity index (χ2n) is 5.37. The molecule has 0 N–H and O–H groups in total. The highest BCUT2D eigenvalue weighted by Gasteiger charge is 2.15. The van der Waals surface area contributed by atoms with Crippen molar-refractivity contribution in [1.29, 1.82) is 0 Å². The first kappa shape index (κ1) is 18.9. The number of benzene rings is 1. The summed E-state index contributed by atoms with van der Waals surface area (Å²) in [4.78, 5) is 0. The van der Waals surface area contributed by atoms with Crippen molar-refractivity contribution < 1.29 is 9.09 Å². The van der Waals surface area contributed by atoms with Gasteiger partial charge in [0.2, 0.25) is 0 Å². The molecular formula is C16H25Cl2O2P. The van der Waals surface area contributed by atoms with Gasteiger partial charge in [0.05, 0.1) is 0 Å². The first-order valence-electron chi connectivity index (χ1n) is 7.79. The van der Waals surface area contributed by atoms with Gasteiger partial charge in [-0.25, -0.2) is 4.57 Å². The minimum atomic E-state index is -3.50. The van der Waals surface area contributed by atoms with Crippen molar-refractivity contribution in [3.05, 3.63) is 29.8 Å². The van der Waals surface area contributed by atoms with Crippen molar-refractivity contribution in [3.63, 3.8) is 0 Å². The molecule has 0 fully saturated rings. The fourth-order valence-electron chi connectivity index (χ4n) is 2.30. The quantitative estimate of drug-likeness (QED) is 0.308. The number of unbranched alkanes of at least 4 members (excludes halogenated alkanes) is 7. The lowest BCUT2D eigenvalue weighted by molar-refractivity contribution is 0.513. The molecule has 21 heavy (non-hydrogen) atoms. The smallest absolute Gasteiger partial charge is 0.422 e. The molecule has 120 valence electrons. The van der Waals surface area contributed by atoms with E-state index in [4.69, 9.17) is 27.0 Å². The zero-order valence-corrected chi connectivity index (χ0v) is 15.1. The summed E-state index contributed by atoms with van der Waals surface area (Å²) < 4.78 is 16.0. The standard InChI is InChI=1S/C16H25Cl2O2P/c1-2-3-4-5-6-7-8-9-10-15-11-13-16(14-12-15)20-21(17,18)19/h11-14H,2-10H2,1H3. The van der Waals surface area contributed by atoms with Crippen LogP contribution in [0.1, 0.15) is 63.9 Å². The van der Waals surface area contributed by atoms with Gasteiger partial charge in [-0.2, -0.15) is 0 Å². The maximum absolute atomic E-state index is 11.1. The molecule has 0 spiro atoms. The van der Waals surface area contributed by atoms with E-state index in [2.05, 4.69) is 6.92 Å². The summed E-state index contributed by atoms with van der Waals surface area (Å²) in [5.41, 5.74) is 1.26. The Morgan fingerprint density at radius 2 is 1.43 bits per heavy atom.